The second kappa shape index (κ2) is 5.21. The van der Waals surface area contributed by atoms with E-state index in [1.807, 2.05) is 30.5 Å². The number of amides is 1. The number of likely N-dealkylation sites (N-methyl/N-ethyl adjacent to an activating group) is 1. The molecule has 0 saturated carbocycles. The molecule has 0 atom stereocenters. The third kappa shape index (κ3) is 2.42. The summed E-state index contributed by atoms with van der Waals surface area (Å²) in [4.78, 5) is 24.3. The summed E-state index contributed by atoms with van der Waals surface area (Å²) in [6.07, 6.45) is 5.74. The zero-order valence-electron chi connectivity index (χ0n) is 11.3. The SMILES string of the molecule is CN(Cc1ncc[nH]1)C(=O)Cc1c[nH]c2ccccc12. The van der Waals surface area contributed by atoms with Gasteiger partial charge in [-0.05, 0) is 11.6 Å². The highest BCUT2D eigenvalue weighted by Gasteiger charge is 2.13. The van der Waals surface area contributed by atoms with E-state index in [2.05, 4.69) is 15.0 Å². The first kappa shape index (κ1) is 12.5. The number of carbonyl (C=O) groups is 1. The molecule has 3 rings (SSSR count). The van der Waals surface area contributed by atoms with Crippen molar-refractivity contribution < 1.29 is 4.79 Å². The number of nitrogens with zero attached hydrogens (tertiary/aromatic N) is 2. The van der Waals surface area contributed by atoms with Gasteiger partial charge in [0.25, 0.3) is 0 Å². The first-order valence-corrected chi connectivity index (χ1v) is 6.51. The van der Waals surface area contributed by atoms with Crippen LogP contribution in [0.2, 0.25) is 0 Å². The predicted octanol–water partition coefficient (Wildman–Crippen LogP) is 2.09. The number of aromatic nitrogens is 3. The van der Waals surface area contributed by atoms with Crippen molar-refractivity contribution in [2.45, 2.75) is 13.0 Å². The number of para-hydroxylation sites is 1. The van der Waals surface area contributed by atoms with Crippen molar-refractivity contribution in [3.63, 3.8) is 0 Å². The Morgan fingerprint density at radius 1 is 1.30 bits per heavy atom. The van der Waals surface area contributed by atoms with E-state index in [9.17, 15) is 4.79 Å². The molecule has 5 heteroatoms. The number of aromatic amines is 2. The van der Waals surface area contributed by atoms with Gasteiger partial charge in [0.2, 0.25) is 5.91 Å². The molecule has 1 amide bonds. The summed E-state index contributed by atoms with van der Waals surface area (Å²) in [6.45, 7) is 0.494. The Hall–Kier alpha value is -2.56. The van der Waals surface area contributed by atoms with Crippen LogP contribution in [0.4, 0.5) is 0 Å². The molecule has 2 heterocycles. The van der Waals surface area contributed by atoms with E-state index in [4.69, 9.17) is 0 Å². The van der Waals surface area contributed by atoms with Crippen LogP contribution in [-0.2, 0) is 17.8 Å². The largest absolute Gasteiger partial charge is 0.361 e. The number of fused-ring (bicyclic) bond motifs is 1. The van der Waals surface area contributed by atoms with Gasteiger partial charge in [-0.2, -0.15) is 0 Å². The van der Waals surface area contributed by atoms with Crippen LogP contribution >= 0.6 is 0 Å². The first-order chi connectivity index (χ1) is 9.74. The lowest BCUT2D eigenvalue weighted by atomic mass is 10.1. The summed E-state index contributed by atoms with van der Waals surface area (Å²) in [5, 5.41) is 1.10. The van der Waals surface area contributed by atoms with E-state index in [1.54, 1.807) is 24.3 Å². The van der Waals surface area contributed by atoms with Crippen molar-refractivity contribution in [2.24, 2.45) is 0 Å². The monoisotopic (exact) mass is 268 g/mol. The Morgan fingerprint density at radius 2 is 2.15 bits per heavy atom. The lowest BCUT2D eigenvalue weighted by Gasteiger charge is -2.15. The van der Waals surface area contributed by atoms with Crippen molar-refractivity contribution in [1.82, 2.24) is 19.9 Å². The zero-order chi connectivity index (χ0) is 13.9. The number of nitrogens with one attached hydrogen (secondary N) is 2. The topological polar surface area (TPSA) is 64.8 Å². The highest BCUT2D eigenvalue weighted by atomic mass is 16.2. The molecule has 20 heavy (non-hydrogen) atoms. The zero-order valence-corrected chi connectivity index (χ0v) is 11.3. The van der Waals surface area contributed by atoms with Gasteiger partial charge in [0.1, 0.15) is 5.82 Å². The molecule has 102 valence electrons. The predicted molar refractivity (Wildman–Crippen MR) is 77.1 cm³/mol. The van der Waals surface area contributed by atoms with Crippen LogP contribution < -0.4 is 0 Å². The first-order valence-electron chi connectivity index (χ1n) is 6.51. The van der Waals surface area contributed by atoms with Crippen LogP contribution in [0.15, 0.2) is 42.9 Å². The summed E-state index contributed by atoms with van der Waals surface area (Å²) < 4.78 is 0. The summed E-state index contributed by atoms with van der Waals surface area (Å²) in [5.74, 6) is 0.867. The number of rotatable bonds is 4. The minimum Gasteiger partial charge on any atom is -0.361 e. The van der Waals surface area contributed by atoms with Crippen molar-refractivity contribution in [3.05, 3.63) is 54.2 Å². The maximum absolute atomic E-state index is 12.3. The third-order valence-electron chi connectivity index (χ3n) is 3.38. The molecule has 0 aliphatic heterocycles. The number of imidazole rings is 1. The van der Waals surface area contributed by atoms with Gasteiger partial charge in [0, 0.05) is 36.5 Å². The van der Waals surface area contributed by atoms with Crippen LogP contribution in [0.1, 0.15) is 11.4 Å². The molecule has 2 aromatic heterocycles. The minimum atomic E-state index is 0.0751. The quantitative estimate of drug-likeness (QED) is 0.761. The fourth-order valence-corrected chi connectivity index (χ4v) is 2.27. The van der Waals surface area contributed by atoms with Crippen LogP contribution in [0.5, 0.6) is 0 Å². The number of hydrogen-bond donors (Lipinski definition) is 2. The fraction of sp³-hybridized carbons (Fsp3) is 0.200. The van der Waals surface area contributed by atoms with Crippen LogP contribution in [0.3, 0.4) is 0 Å². The van der Waals surface area contributed by atoms with Crippen LogP contribution in [0, 0.1) is 0 Å². The third-order valence-corrected chi connectivity index (χ3v) is 3.38. The molecule has 3 aromatic rings. The van der Waals surface area contributed by atoms with Gasteiger partial charge in [-0.25, -0.2) is 4.98 Å². The normalized spacial score (nSPS) is 10.8. The van der Waals surface area contributed by atoms with Gasteiger partial charge in [-0.1, -0.05) is 18.2 Å². The molecule has 0 saturated heterocycles. The molecular formula is C15H16N4O. The molecule has 0 bridgehead atoms. The fourth-order valence-electron chi connectivity index (χ4n) is 2.27. The van der Waals surface area contributed by atoms with Crippen molar-refractivity contribution in [3.8, 4) is 0 Å². The average Bonchev–Trinajstić information content (AvgIpc) is 3.09. The molecular weight excluding hydrogens is 252 g/mol. The number of carbonyl (C=O) groups excluding carboxylic acids is 1. The van der Waals surface area contributed by atoms with Crippen LogP contribution in [-0.4, -0.2) is 32.8 Å². The number of H-pyrrole nitrogens is 2. The Bertz CT molecular complexity index is 714. The van der Waals surface area contributed by atoms with Gasteiger partial charge in [0.05, 0.1) is 13.0 Å². The molecule has 0 radical (unpaired) electrons. The van der Waals surface area contributed by atoms with E-state index in [0.29, 0.717) is 13.0 Å². The summed E-state index contributed by atoms with van der Waals surface area (Å²) >= 11 is 0. The molecule has 0 unspecified atom stereocenters. The Kier molecular flexibility index (Phi) is 3.25. The second-order valence-corrected chi connectivity index (χ2v) is 4.82. The number of benzene rings is 1. The van der Waals surface area contributed by atoms with E-state index < -0.39 is 0 Å². The number of hydrogen-bond acceptors (Lipinski definition) is 2. The van der Waals surface area contributed by atoms with Gasteiger partial charge in [-0.15, -0.1) is 0 Å². The molecule has 0 aliphatic rings. The summed E-state index contributed by atoms with van der Waals surface area (Å²) in [5.41, 5.74) is 2.08. The molecule has 5 nitrogen and oxygen atoms in total. The van der Waals surface area contributed by atoms with Crippen molar-refractivity contribution in [1.29, 1.82) is 0 Å². The molecule has 0 spiro atoms. The summed E-state index contributed by atoms with van der Waals surface area (Å²) in [6, 6.07) is 8.00. The molecule has 0 fully saturated rings. The lowest BCUT2D eigenvalue weighted by molar-refractivity contribution is -0.129. The summed E-state index contributed by atoms with van der Waals surface area (Å²) in [7, 11) is 1.79. The standard InChI is InChI=1S/C15H16N4O/c1-19(10-14-16-6-7-17-14)15(20)8-11-9-18-13-5-3-2-4-12(11)13/h2-7,9,18H,8,10H2,1H3,(H,16,17). The second-order valence-electron chi connectivity index (χ2n) is 4.82. The van der Waals surface area contributed by atoms with Crippen LogP contribution in [0.25, 0.3) is 10.9 Å². The van der Waals surface area contributed by atoms with E-state index in [1.165, 1.54) is 0 Å². The minimum absolute atomic E-state index is 0.0751. The Balaban J connectivity index is 1.72. The maximum atomic E-state index is 12.3. The van der Waals surface area contributed by atoms with Gasteiger partial charge in [0.15, 0.2) is 0 Å². The van der Waals surface area contributed by atoms with E-state index in [-0.39, 0.29) is 5.91 Å². The van der Waals surface area contributed by atoms with E-state index in [0.717, 1.165) is 22.3 Å². The van der Waals surface area contributed by atoms with Gasteiger partial charge >= 0.3 is 0 Å². The lowest BCUT2D eigenvalue weighted by Crippen LogP contribution is -2.28. The Morgan fingerprint density at radius 3 is 2.95 bits per heavy atom. The smallest absolute Gasteiger partial charge is 0.227 e. The van der Waals surface area contributed by atoms with Crippen molar-refractivity contribution in [2.75, 3.05) is 7.05 Å². The highest BCUT2D eigenvalue weighted by molar-refractivity contribution is 5.88. The molecule has 0 aliphatic carbocycles. The maximum Gasteiger partial charge on any atom is 0.227 e. The van der Waals surface area contributed by atoms with Gasteiger partial charge in [-0.3, -0.25) is 4.79 Å². The molecule has 2 N–H and O–H groups in total. The molecule has 1 aromatic carbocycles. The Labute approximate surface area is 116 Å². The average molecular weight is 268 g/mol. The highest BCUT2D eigenvalue weighted by Crippen LogP contribution is 2.18. The van der Waals surface area contributed by atoms with E-state index >= 15 is 0 Å². The van der Waals surface area contributed by atoms with Crippen molar-refractivity contribution >= 4 is 16.8 Å². The van der Waals surface area contributed by atoms with Gasteiger partial charge < -0.3 is 14.9 Å².